The summed E-state index contributed by atoms with van der Waals surface area (Å²) >= 11 is 0. The van der Waals surface area contributed by atoms with Crippen LogP contribution >= 0.6 is 0 Å². The molecule has 0 aromatic heterocycles. The largest absolute Gasteiger partial charge is 0.297 e. The second-order valence-corrected chi connectivity index (χ2v) is 3.37. The van der Waals surface area contributed by atoms with Crippen molar-refractivity contribution in [3.63, 3.8) is 0 Å². The van der Waals surface area contributed by atoms with Crippen LogP contribution in [0.1, 0.15) is 33.1 Å². The Kier molecular flexibility index (Phi) is 3.64. The predicted octanol–water partition coefficient (Wildman–Crippen LogP) is 2.44. The summed E-state index contributed by atoms with van der Waals surface area (Å²) in [7, 11) is 0. The Morgan fingerprint density at radius 1 is 1.45 bits per heavy atom. The first-order valence-electron chi connectivity index (χ1n) is 4.73. The van der Waals surface area contributed by atoms with Crippen molar-refractivity contribution in [1.82, 2.24) is 4.90 Å². The summed E-state index contributed by atoms with van der Waals surface area (Å²) in [4.78, 5) is 2.55. The number of hydrogen-bond donors (Lipinski definition) is 0. The lowest BCUT2D eigenvalue weighted by molar-refractivity contribution is 0.298. The highest BCUT2D eigenvalue weighted by atomic mass is 15.2. The van der Waals surface area contributed by atoms with Crippen LogP contribution in [0.4, 0.5) is 0 Å². The summed E-state index contributed by atoms with van der Waals surface area (Å²) in [6.45, 7) is 6.97. The van der Waals surface area contributed by atoms with Gasteiger partial charge in [-0.05, 0) is 32.7 Å². The van der Waals surface area contributed by atoms with E-state index >= 15 is 0 Å². The molecule has 0 N–H and O–H groups in total. The van der Waals surface area contributed by atoms with E-state index in [4.69, 9.17) is 0 Å². The molecule has 1 heterocycles. The molecule has 0 spiro atoms. The molecule has 0 aromatic carbocycles. The SMILES string of the molecule is CCC=CCN1CCCC1C. The fourth-order valence-electron chi connectivity index (χ4n) is 1.64. The molecule has 1 fully saturated rings. The molecule has 0 aromatic rings. The molecular weight excluding hydrogens is 134 g/mol. The molecule has 0 saturated carbocycles. The molecule has 1 aliphatic rings. The van der Waals surface area contributed by atoms with Crippen LogP contribution in [-0.4, -0.2) is 24.0 Å². The van der Waals surface area contributed by atoms with Gasteiger partial charge in [0, 0.05) is 12.6 Å². The molecule has 1 nitrogen and oxygen atoms in total. The highest BCUT2D eigenvalue weighted by Gasteiger charge is 2.17. The number of likely N-dealkylation sites (tertiary alicyclic amines) is 1. The van der Waals surface area contributed by atoms with Crippen molar-refractivity contribution in [3.05, 3.63) is 12.2 Å². The second-order valence-electron chi connectivity index (χ2n) is 3.37. The molecule has 64 valence electrons. The highest BCUT2D eigenvalue weighted by Crippen LogP contribution is 2.15. The molecule has 1 unspecified atom stereocenters. The number of allylic oxidation sites excluding steroid dienone is 1. The minimum absolute atomic E-state index is 0.816. The third kappa shape index (κ3) is 2.66. The Labute approximate surface area is 70.1 Å². The van der Waals surface area contributed by atoms with E-state index < -0.39 is 0 Å². The van der Waals surface area contributed by atoms with Crippen LogP contribution in [0.3, 0.4) is 0 Å². The highest BCUT2D eigenvalue weighted by molar-refractivity contribution is 4.87. The van der Waals surface area contributed by atoms with Crippen molar-refractivity contribution >= 4 is 0 Å². The Hall–Kier alpha value is -0.300. The predicted molar refractivity (Wildman–Crippen MR) is 49.7 cm³/mol. The zero-order chi connectivity index (χ0) is 8.10. The molecule has 11 heavy (non-hydrogen) atoms. The van der Waals surface area contributed by atoms with Gasteiger partial charge in [0.1, 0.15) is 0 Å². The molecule has 0 radical (unpaired) electrons. The van der Waals surface area contributed by atoms with E-state index in [1.807, 2.05) is 0 Å². The minimum Gasteiger partial charge on any atom is -0.297 e. The number of hydrogen-bond acceptors (Lipinski definition) is 1. The van der Waals surface area contributed by atoms with Crippen LogP contribution in [0.15, 0.2) is 12.2 Å². The van der Waals surface area contributed by atoms with Gasteiger partial charge in [0.15, 0.2) is 0 Å². The average molecular weight is 153 g/mol. The zero-order valence-corrected chi connectivity index (χ0v) is 7.71. The van der Waals surface area contributed by atoms with Crippen molar-refractivity contribution in [2.24, 2.45) is 0 Å². The summed E-state index contributed by atoms with van der Waals surface area (Å²) in [5.41, 5.74) is 0. The summed E-state index contributed by atoms with van der Waals surface area (Å²) in [5, 5.41) is 0. The van der Waals surface area contributed by atoms with E-state index in [0.717, 1.165) is 12.6 Å². The Bertz CT molecular complexity index is 129. The Morgan fingerprint density at radius 2 is 2.27 bits per heavy atom. The van der Waals surface area contributed by atoms with Gasteiger partial charge < -0.3 is 0 Å². The van der Waals surface area contributed by atoms with E-state index in [0.29, 0.717) is 0 Å². The molecule has 1 saturated heterocycles. The lowest BCUT2D eigenvalue weighted by Gasteiger charge is -2.18. The molecule has 0 bridgehead atoms. The summed E-state index contributed by atoms with van der Waals surface area (Å²) in [6.07, 6.45) is 8.50. The first-order valence-corrected chi connectivity index (χ1v) is 4.73. The molecule has 1 heteroatoms. The minimum atomic E-state index is 0.816. The fraction of sp³-hybridized carbons (Fsp3) is 0.800. The van der Waals surface area contributed by atoms with Crippen molar-refractivity contribution in [3.8, 4) is 0 Å². The standard InChI is InChI=1S/C10H19N/c1-3-4-5-8-11-9-6-7-10(11)2/h4-5,10H,3,6-9H2,1-2H3. The number of nitrogens with zero attached hydrogens (tertiary/aromatic N) is 1. The molecule has 0 aliphatic carbocycles. The maximum Gasteiger partial charge on any atom is 0.0166 e. The lowest BCUT2D eigenvalue weighted by atomic mass is 10.2. The molecule has 1 aliphatic heterocycles. The van der Waals surface area contributed by atoms with Gasteiger partial charge in [0.05, 0.1) is 0 Å². The summed E-state index contributed by atoms with van der Waals surface area (Å²) in [6, 6.07) is 0.816. The summed E-state index contributed by atoms with van der Waals surface area (Å²) in [5.74, 6) is 0. The second kappa shape index (κ2) is 4.55. The Balaban J connectivity index is 2.20. The zero-order valence-electron chi connectivity index (χ0n) is 7.71. The third-order valence-electron chi connectivity index (χ3n) is 2.43. The van der Waals surface area contributed by atoms with Gasteiger partial charge in [-0.15, -0.1) is 0 Å². The maximum absolute atomic E-state index is 2.55. The normalized spacial score (nSPS) is 26.9. The van der Waals surface area contributed by atoms with E-state index in [1.165, 1.54) is 25.8 Å². The van der Waals surface area contributed by atoms with Crippen molar-refractivity contribution < 1.29 is 0 Å². The van der Waals surface area contributed by atoms with Crippen molar-refractivity contribution in [2.45, 2.75) is 39.2 Å². The first kappa shape index (κ1) is 8.79. The van der Waals surface area contributed by atoms with Gasteiger partial charge in [0.2, 0.25) is 0 Å². The topological polar surface area (TPSA) is 3.24 Å². The van der Waals surface area contributed by atoms with Crippen LogP contribution in [0.25, 0.3) is 0 Å². The van der Waals surface area contributed by atoms with Crippen LogP contribution < -0.4 is 0 Å². The van der Waals surface area contributed by atoms with Gasteiger partial charge in [-0.1, -0.05) is 19.1 Å². The fourth-order valence-corrected chi connectivity index (χ4v) is 1.64. The molecule has 1 rings (SSSR count). The van der Waals surface area contributed by atoms with Crippen LogP contribution in [-0.2, 0) is 0 Å². The number of rotatable bonds is 3. The monoisotopic (exact) mass is 153 g/mol. The summed E-state index contributed by atoms with van der Waals surface area (Å²) < 4.78 is 0. The van der Waals surface area contributed by atoms with Gasteiger partial charge in [0.25, 0.3) is 0 Å². The van der Waals surface area contributed by atoms with Crippen molar-refractivity contribution in [2.75, 3.05) is 13.1 Å². The van der Waals surface area contributed by atoms with Crippen LogP contribution in [0.2, 0.25) is 0 Å². The molecular formula is C10H19N. The van der Waals surface area contributed by atoms with Crippen molar-refractivity contribution in [1.29, 1.82) is 0 Å². The lowest BCUT2D eigenvalue weighted by Crippen LogP contribution is -2.26. The van der Waals surface area contributed by atoms with Crippen LogP contribution in [0.5, 0.6) is 0 Å². The smallest absolute Gasteiger partial charge is 0.0166 e. The molecule has 1 atom stereocenters. The third-order valence-corrected chi connectivity index (χ3v) is 2.43. The average Bonchev–Trinajstić information content (AvgIpc) is 2.37. The van der Waals surface area contributed by atoms with Gasteiger partial charge in [-0.25, -0.2) is 0 Å². The van der Waals surface area contributed by atoms with E-state index in [2.05, 4.69) is 30.9 Å². The van der Waals surface area contributed by atoms with Gasteiger partial charge in [-0.2, -0.15) is 0 Å². The van der Waals surface area contributed by atoms with Gasteiger partial charge >= 0.3 is 0 Å². The quantitative estimate of drug-likeness (QED) is 0.563. The van der Waals surface area contributed by atoms with Gasteiger partial charge in [-0.3, -0.25) is 4.90 Å². The van der Waals surface area contributed by atoms with Crippen LogP contribution in [0, 0.1) is 0 Å². The molecule has 0 amide bonds. The van der Waals surface area contributed by atoms with E-state index in [9.17, 15) is 0 Å². The maximum atomic E-state index is 2.55. The van der Waals surface area contributed by atoms with E-state index in [-0.39, 0.29) is 0 Å². The first-order chi connectivity index (χ1) is 5.34. The van der Waals surface area contributed by atoms with E-state index in [1.54, 1.807) is 0 Å². The Morgan fingerprint density at radius 3 is 2.82 bits per heavy atom.